The van der Waals surface area contributed by atoms with E-state index < -0.39 is 0 Å². The van der Waals surface area contributed by atoms with E-state index >= 15 is 0 Å². The van der Waals surface area contributed by atoms with Crippen LogP contribution in [0.5, 0.6) is 0 Å². The molecular weight excluding hydrogens is 274 g/mol. The molecule has 2 aromatic rings. The van der Waals surface area contributed by atoms with Crippen LogP contribution in [-0.2, 0) is 16.0 Å². The third-order valence-electron chi connectivity index (χ3n) is 4.09. The van der Waals surface area contributed by atoms with Crippen molar-refractivity contribution in [3.8, 4) is 0 Å². The number of nitrogens with zero attached hydrogens (tertiary/aromatic N) is 1. The summed E-state index contributed by atoms with van der Waals surface area (Å²) < 4.78 is 5.22. The predicted molar refractivity (Wildman–Crippen MR) is 86.5 cm³/mol. The molecule has 3 heteroatoms. The first kappa shape index (κ1) is 14.8. The van der Waals surface area contributed by atoms with Gasteiger partial charge in [-0.05, 0) is 24.5 Å². The van der Waals surface area contributed by atoms with Crippen molar-refractivity contribution in [3.05, 3.63) is 71.8 Å². The van der Waals surface area contributed by atoms with Crippen LogP contribution in [0.2, 0.25) is 0 Å². The Balaban J connectivity index is 1.69. The van der Waals surface area contributed by atoms with Gasteiger partial charge in [0.05, 0.1) is 12.6 Å². The zero-order valence-corrected chi connectivity index (χ0v) is 12.8. The van der Waals surface area contributed by atoms with E-state index in [9.17, 15) is 4.79 Å². The first-order chi connectivity index (χ1) is 10.8. The molecule has 0 radical (unpaired) electrons. The molecule has 0 saturated carbocycles. The number of rotatable bonds is 6. The van der Waals surface area contributed by atoms with E-state index in [4.69, 9.17) is 4.74 Å². The van der Waals surface area contributed by atoms with Gasteiger partial charge in [0.25, 0.3) is 0 Å². The highest BCUT2D eigenvalue weighted by molar-refractivity contribution is 5.80. The van der Waals surface area contributed by atoms with Crippen LogP contribution in [0.1, 0.15) is 24.1 Å². The molecule has 3 nitrogen and oxygen atoms in total. The average molecular weight is 295 g/mol. The molecule has 0 aromatic heterocycles. The number of ether oxygens (including phenoxy) is 1. The lowest BCUT2D eigenvalue weighted by molar-refractivity contribution is -0.143. The Morgan fingerprint density at radius 3 is 2.32 bits per heavy atom. The molecule has 1 heterocycles. The van der Waals surface area contributed by atoms with Crippen LogP contribution >= 0.6 is 0 Å². The molecule has 3 atom stereocenters. The van der Waals surface area contributed by atoms with Crippen LogP contribution in [0.4, 0.5) is 0 Å². The topological polar surface area (TPSA) is 29.3 Å². The number of benzene rings is 2. The van der Waals surface area contributed by atoms with E-state index in [1.165, 1.54) is 11.1 Å². The second-order valence-corrected chi connectivity index (χ2v) is 5.53. The van der Waals surface area contributed by atoms with Gasteiger partial charge >= 0.3 is 5.97 Å². The standard InChI is InChI=1S/C19H21NO2/c1-2-22-19(21)18-17(16-11-7-4-8-12-16)20(18)14-13-15-9-5-3-6-10-15/h3-12,17-18H,2,13-14H2,1H3. The van der Waals surface area contributed by atoms with Gasteiger partial charge in [0.1, 0.15) is 6.04 Å². The van der Waals surface area contributed by atoms with E-state index in [0.29, 0.717) is 6.61 Å². The van der Waals surface area contributed by atoms with Crippen molar-refractivity contribution >= 4 is 5.97 Å². The number of carbonyl (C=O) groups is 1. The Labute approximate surface area is 131 Å². The Kier molecular flexibility index (Phi) is 4.54. The summed E-state index contributed by atoms with van der Waals surface area (Å²) in [6.45, 7) is 3.16. The summed E-state index contributed by atoms with van der Waals surface area (Å²) in [7, 11) is 0. The molecule has 1 fully saturated rings. The maximum Gasteiger partial charge on any atom is 0.325 e. The lowest BCUT2D eigenvalue weighted by atomic mass is 10.1. The van der Waals surface area contributed by atoms with Crippen molar-refractivity contribution in [2.75, 3.05) is 13.2 Å². The Morgan fingerprint density at radius 1 is 1.05 bits per heavy atom. The first-order valence-electron chi connectivity index (χ1n) is 7.82. The van der Waals surface area contributed by atoms with Gasteiger partial charge in [0, 0.05) is 6.54 Å². The van der Waals surface area contributed by atoms with E-state index in [2.05, 4.69) is 41.3 Å². The van der Waals surface area contributed by atoms with Gasteiger partial charge in [-0.2, -0.15) is 0 Å². The van der Waals surface area contributed by atoms with E-state index in [-0.39, 0.29) is 18.1 Å². The molecule has 0 aliphatic carbocycles. The Morgan fingerprint density at radius 2 is 1.68 bits per heavy atom. The quantitative estimate of drug-likeness (QED) is 0.605. The normalized spacial score (nSPS) is 23.0. The number of carbonyl (C=O) groups excluding carboxylic acids is 1. The number of esters is 1. The maximum atomic E-state index is 12.1. The average Bonchev–Trinajstić information content (AvgIpc) is 3.29. The Hall–Kier alpha value is -2.13. The molecule has 0 spiro atoms. The lowest BCUT2D eigenvalue weighted by Gasteiger charge is -2.04. The third-order valence-corrected chi connectivity index (χ3v) is 4.09. The van der Waals surface area contributed by atoms with Gasteiger partial charge in [0.2, 0.25) is 0 Å². The minimum atomic E-state index is -0.133. The maximum absolute atomic E-state index is 12.1. The summed E-state index contributed by atoms with van der Waals surface area (Å²) in [6, 6.07) is 20.6. The fraction of sp³-hybridized carbons (Fsp3) is 0.316. The molecule has 1 aliphatic heterocycles. The van der Waals surface area contributed by atoms with E-state index in [1.54, 1.807) is 0 Å². The fourth-order valence-electron chi connectivity index (χ4n) is 2.97. The molecule has 1 saturated heterocycles. The van der Waals surface area contributed by atoms with Crippen molar-refractivity contribution in [2.45, 2.75) is 25.4 Å². The highest BCUT2D eigenvalue weighted by Gasteiger charge is 2.53. The van der Waals surface area contributed by atoms with Crippen molar-refractivity contribution in [3.63, 3.8) is 0 Å². The molecule has 22 heavy (non-hydrogen) atoms. The van der Waals surface area contributed by atoms with Crippen LogP contribution in [0.3, 0.4) is 0 Å². The second kappa shape index (κ2) is 6.75. The minimum Gasteiger partial charge on any atom is -0.465 e. The molecule has 0 amide bonds. The van der Waals surface area contributed by atoms with Crippen LogP contribution < -0.4 is 0 Å². The van der Waals surface area contributed by atoms with Crippen LogP contribution in [0, 0.1) is 0 Å². The van der Waals surface area contributed by atoms with Crippen molar-refractivity contribution in [2.24, 2.45) is 0 Å². The highest BCUT2D eigenvalue weighted by Crippen LogP contribution is 2.43. The highest BCUT2D eigenvalue weighted by atomic mass is 16.5. The summed E-state index contributed by atoms with van der Waals surface area (Å²) in [6.07, 6.45) is 0.945. The molecule has 2 aromatic carbocycles. The van der Waals surface area contributed by atoms with Crippen molar-refractivity contribution in [1.82, 2.24) is 4.90 Å². The second-order valence-electron chi connectivity index (χ2n) is 5.53. The van der Waals surface area contributed by atoms with E-state index in [1.807, 2.05) is 31.2 Å². The molecule has 1 aliphatic rings. The van der Waals surface area contributed by atoms with Gasteiger partial charge < -0.3 is 4.74 Å². The fourth-order valence-corrected chi connectivity index (χ4v) is 2.97. The molecule has 3 rings (SSSR count). The molecular formula is C19H21NO2. The van der Waals surface area contributed by atoms with Gasteiger partial charge in [-0.3, -0.25) is 9.69 Å². The van der Waals surface area contributed by atoms with Gasteiger partial charge in [-0.15, -0.1) is 0 Å². The number of hydrogen-bond acceptors (Lipinski definition) is 3. The minimum absolute atomic E-state index is 0.107. The van der Waals surface area contributed by atoms with E-state index in [0.717, 1.165) is 13.0 Å². The van der Waals surface area contributed by atoms with Gasteiger partial charge in [0.15, 0.2) is 0 Å². The molecule has 114 valence electrons. The molecule has 0 bridgehead atoms. The zero-order chi connectivity index (χ0) is 15.4. The van der Waals surface area contributed by atoms with Gasteiger partial charge in [-0.25, -0.2) is 0 Å². The molecule has 0 N–H and O–H groups in total. The first-order valence-corrected chi connectivity index (χ1v) is 7.82. The smallest absolute Gasteiger partial charge is 0.325 e. The van der Waals surface area contributed by atoms with Crippen LogP contribution in [0.15, 0.2) is 60.7 Å². The largest absolute Gasteiger partial charge is 0.465 e. The number of hydrogen-bond donors (Lipinski definition) is 0. The monoisotopic (exact) mass is 295 g/mol. The molecule has 3 unspecified atom stereocenters. The van der Waals surface area contributed by atoms with Crippen molar-refractivity contribution < 1.29 is 9.53 Å². The van der Waals surface area contributed by atoms with Crippen LogP contribution in [0.25, 0.3) is 0 Å². The SMILES string of the molecule is CCOC(=O)C1C(c2ccccc2)N1CCc1ccccc1. The predicted octanol–water partition coefficient (Wildman–Crippen LogP) is 3.22. The zero-order valence-electron chi connectivity index (χ0n) is 12.8. The summed E-state index contributed by atoms with van der Waals surface area (Å²) in [5.41, 5.74) is 2.48. The van der Waals surface area contributed by atoms with Crippen molar-refractivity contribution in [1.29, 1.82) is 0 Å². The third kappa shape index (κ3) is 3.20. The van der Waals surface area contributed by atoms with Gasteiger partial charge in [-0.1, -0.05) is 60.7 Å². The summed E-state index contributed by atoms with van der Waals surface area (Å²) in [4.78, 5) is 14.4. The summed E-state index contributed by atoms with van der Waals surface area (Å²) >= 11 is 0. The summed E-state index contributed by atoms with van der Waals surface area (Å²) in [5, 5.41) is 0. The summed E-state index contributed by atoms with van der Waals surface area (Å²) in [5.74, 6) is -0.107. The lowest BCUT2D eigenvalue weighted by Crippen LogP contribution is -2.17. The van der Waals surface area contributed by atoms with Crippen LogP contribution in [-0.4, -0.2) is 30.1 Å². The Bertz CT molecular complexity index is 612.